The minimum Gasteiger partial charge on any atom is -0.445 e. The predicted molar refractivity (Wildman–Crippen MR) is 64.4 cm³/mol. The Hall–Kier alpha value is -1.32. The van der Waals surface area contributed by atoms with E-state index in [-0.39, 0.29) is 0 Å². The number of oxazole rings is 1. The predicted octanol–water partition coefficient (Wildman–Crippen LogP) is 2.80. The fourth-order valence-electron chi connectivity index (χ4n) is 1.58. The van der Waals surface area contributed by atoms with Crippen molar-refractivity contribution in [1.29, 1.82) is 0 Å². The first kappa shape index (κ1) is 11.2. The summed E-state index contributed by atoms with van der Waals surface area (Å²) in [7, 11) is 0. The van der Waals surface area contributed by atoms with Crippen LogP contribution in [0.3, 0.4) is 0 Å². The first-order chi connectivity index (χ1) is 7.72. The monoisotopic (exact) mass is 236 g/mol. The first-order valence-electron chi connectivity index (χ1n) is 5.13. The van der Waals surface area contributed by atoms with Crippen LogP contribution < -0.4 is 5.73 Å². The molecule has 0 saturated heterocycles. The third kappa shape index (κ3) is 2.10. The molecule has 84 valence electrons. The van der Waals surface area contributed by atoms with Crippen molar-refractivity contribution in [3.63, 3.8) is 0 Å². The Balaban J connectivity index is 2.44. The van der Waals surface area contributed by atoms with E-state index in [2.05, 4.69) is 4.98 Å². The Kier molecular flexibility index (Phi) is 3.27. The van der Waals surface area contributed by atoms with Gasteiger partial charge in [0.1, 0.15) is 11.5 Å². The summed E-state index contributed by atoms with van der Waals surface area (Å²) in [4.78, 5) is 4.40. The molecule has 0 spiro atoms. The lowest BCUT2D eigenvalue weighted by Gasteiger charge is -1.99. The molecule has 0 bridgehead atoms. The number of hydrogen-bond donors (Lipinski definition) is 1. The van der Waals surface area contributed by atoms with Crippen LogP contribution in [0.15, 0.2) is 28.7 Å². The summed E-state index contributed by atoms with van der Waals surface area (Å²) in [6, 6.07) is 7.59. The summed E-state index contributed by atoms with van der Waals surface area (Å²) < 4.78 is 5.51. The van der Waals surface area contributed by atoms with Crippen LogP contribution in [0.25, 0.3) is 11.3 Å². The number of aromatic nitrogens is 1. The average Bonchev–Trinajstić information content (AvgIpc) is 2.61. The summed E-state index contributed by atoms with van der Waals surface area (Å²) in [5.41, 5.74) is 7.16. The molecule has 0 aliphatic heterocycles. The normalized spacial score (nSPS) is 10.7. The van der Waals surface area contributed by atoms with E-state index >= 15 is 0 Å². The number of hydrogen-bond acceptors (Lipinski definition) is 3. The highest BCUT2D eigenvalue weighted by atomic mass is 35.5. The van der Waals surface area contributed by atoms with Gasteiger partial charge in [-0.2, -0.15) is 0 Å². The topological polar surface area (TPSA) is 52.0 Å². The van der Waals surface area contributed by atoms with Gasteiger partial charge in [0.2, 0.25) is 0 Å². The number of rotatable bonds is 3. The van der Waals surface area contributed by atoms with E-state index in [9.17, 15) is 0 Å². The van der Waals surface area contributed by atoms with Crippen LogP contribution in [0, 0.1) is 6.92 Å². The second-order valence-corrected chi connectivity index (χ2v) is 3.94. The molecule has 0 atom stereocenters. The van der Waals surface area contributed by atoms with Crippen LogP contribution in [0.2, 0.25) is 5.02 Å². The Morgan fingerprint density at radius 2 is 2.12 bits per heavy atom. The number of aryl methyl sites for hydroxylation is 1. The zero-order chi connectivity index (χ0) is 11.5. The maximum atomic E-state index is 6.11. The average molecular weight is 237 g/mol. The van der Waals surface area contributed by atoms with E-state index in [1.54, 1.807) is 0 Å². The minimum atomic E-state index is 0.530. The Morgan fingerprint density at radius 1 is 1.38 bits per heavy atom. The molecule has 16 heavy (non-hydrogen) atoms. The van der Waals surface area contributed by atoms with Crippen LogP contribution in [0.1, 0.15) is 11.7 Å². The molecule has 0 radical (unpaired) electrons. The minimum absolute atomic E-state index is 0.530. The molecule has 1 aromatic carbocycles. The van der Waals surface area contributed by atoms with Crippen molar-refractivity contribution in [1.82, 2.24) is 4.98 Å². The zero-order valence-electron chi connectivity index (χ0n) is 9.03. The van der Waals surface area contributed by atoms with Crippen molar-refractivity contribution in [3.8, 4) is 11.3 Å². The molecule has 0 aliphatic carbocycles. The summed E-state index contributed by atoms with van der Waals surface area (Å²) >= 11 is 6.11. The fourth-order valence-corrected chi connectivity index (χ4v) is 1.81. The molecule has 2 N–H and O–H groups in total. The van der Waals surface area contributed by atoms with Crippen molar-refractivity contribution in [2.45, 2.75) is 13.3 Å². The van der Waals surface area contributed by atoms with Gasteiger partial charge < -0.3 is 10.2 Å². The molecule has 0 fully saturated rings. The smallest absolute Gasteiger partial charge is 0.196 e. The lowest BCUT2D eigenvalue weighted by Crippen LogP contribution is -2.02. The van der Waals surface area contributed by atoms with Crippen molar-refractivity contribution in [2.24, 2.45) is 5.73 Å². The van der Waals surface area contributed by atoms with Crippen molar-refractivity contribution < 1.29 is 4.42 Å². The van der Waals surface area contributed by atoms with E-state index in [0.717, 1.165) is 17.0 Å². The van der Waals surface area contributed by atoms with Gasteiger partial charge in [0, 0.05) is 18.5 Å². The standard InChI is InChI=1S/C12H13ClN2O/c1-8-12(15-11(16-8)6-7-14)9-4-2-3-5-10(9)13/h2-5H,6-7,14H2,1H3. The molecule has 3 nitrogen and oxygen atoms in total. The Bertz CT molecular complexity index is 494. The maximum absolute atomic E-state index is 6.11. The molecule has 1 aromatic heterocycles. The van der Waals surface area contributed by atoms with Crippen molar-refractivity contribution in [3.05, 3.63) is 40.9 Å². The first-order valence-corrected chi connectivity index (χ1v) is 5.51. The van der Waals surface area contributed by atoms with Gasteiger partial charge in [-0.3, -0.25) is 0 Å². The van der Waals surface area contributed by atoms with Gasteiger partial charge in [-0.25, -0.2) is 4.98 Å². The lowest BCUT2D eigenvalue weighted by atomic mass is 10.1. The number of halogens is 1. The zero-order valence-corrected chi connectivity index (χ0v) is 9.79. The van der Waals surface area contributed by atoms with Crippen LogP contribution >= 0.6 is 11.6 Å². The number of nitrogens with zero attached hydrogens (tertiary/aromatic N) is 1. The SMILES string of the molecule is Cc1oc(CCN)nc1-c1ccccc1Cl. The van der Waals surface area contributed by atoms with Gasteiger partial charge in [-0.15, -0.1) is 0 Å². The molecule has 2 rings (SSSR count). The van der Waals surface area contributed by atoms with Gasteiger partial charge in [-0.1, -0.05) is 29.8 Å². The molecule has 2 aromatic rings. The van der Waals surface area contributed by atoms with Gasteiger partial charge in [0.15, 0.2) is 5.89 Å². The van der Waals surface area contributed by atoms with E-state index in [1.807, 2.05) is 31.2 Å². The Labute approximate surface area is 99.2 Å². The highest BCUT2D eigenvalue weighted by molar-refractivity contribution is 6.33. The molecule has 0 amide bonds. The summed E-state index contributed by atoms with van der Waals surface area (Å²) in [6.45, 7) is 2.41. The quantitative estimate of drug-likeness (QED) is 0.892. The van der Waals surface area contributed by atoms with Crippen LogP contribution in [-0.4, -0.2) is 11.5 Å². The third-order valence-electron chi connectivity index (χ3n) is 2.33. The largest absolute Gasteiger partial charge is 0.445 e. The molecule has 0 saturated carbocycles. The van der Waals surface area contributed by atoms with E-state index in [0.29, 0.717) is 23.9 Å². The van der Waals surface area contributed by atoms with Gasteiger partial charge in [0.25, 0.3) is 0 Å². The highest BCUT2D eigenvalue weighted by Crippen LogP contribution is 2.29. The molecule has 0 unspecified atom stereocenters. The Morgan fingerprint density at radius 3 is 2.81 bits per heavy atom. The molecule has 1 heterocycles. The molecule has 0 aliphatic rings. The summed E-state index contributed by atoms with van der Waals surface area (Å²) in [6.07, 6.45) is 0.644. The van der Waals surface area contributed by atoms with Crippen LogP contribution in [-0.2, 0) is 6.42 Å². The number of nitrogens with two attached hydrogens (primary N) is 1. The van der Waals surface area contributed by atoms with E-state index in [4.69, 9.17) is 21.8 Å². The molecular weight excluding hydrogens is 224 g/mol. The van der Waals surface area contributed by atoms with Gasteiger partial charge in [-0.05, 0) is 13.0 Å². The van der Waals surface area contributed by atoms with Crippen LogP contribution in [0.5, 0.6) is 0 Å². The van der Waals surface area contributed by atoms with E-state index < -0.39 is 0 Å². The fraction of sp³-hybridized carbons (Fsp3) is 0.250. The highest BCUT2D eigenvalue weighted by Gasteiger charge is 2.13. The van der Waals surface area contributed by atoms with Crippen LogP contribution in [0.4, 0.5) is 0 Å². The van der Waals surface area contributed by atoms with Gasteiger partial charge in [0.05, 0.1) is 5.02 Å². The van der Waals surface area contributed by atoms with Gasteiger partial charge >= 0.3 is 0 Å². The van der Waals surface area contributed by atoms with Crippen molar-refractivity contribution >= 4 is 11.6 Å². The summed E-state index contributed by atoms with van der Waals surface area (Å²) in [5.74, 6) is 1.44. The maximum Gasteiger partial charge on any atom is 0.196 e. The summed E-state index contributed by atoms with van der Waals surface area (Å²) in [5, 5.41) is 0.679. The second-order valence-electron chi connectivity index (χ2n) is 3.53. The molecule has 4 heteroatoms. The number of benzene rings is 1. The second kappa shape index (κ2) is 4.68. The third-order valence-corrected chi connectivity index (χ3v) is 2.66. The molecular formula is C12H13ClN2O. The van der Waals surface area contributed by atoms with Crippen molar-refractivity contribution in [2.75, 3.05) is 6.54 Å². The van der Waals surface area contributed by atoms with E-state index in [1.165, 1.54) is 0 Å². The lowest BCUT2D eigenvalue weighted by molar-refractivity contribution is 0.473.